The van der Waals surface area contributed by atoms with E-state index in [2.05, 4.69) is 17.3 Å². The van der Waals surface area contributed by atoms with Gasteiger partial charge in [0.05, 0.1) is 19.2 Å². The van der Waals surface area contributed by atoms with E-state index >= 15 is 0 Å². The van der Waals surface area contributed by atoms with Gasteiger partial charge in [-0.2, -0.15) is 5.26 Å². The highest BCUT2D eigenvalue weighted by Gasteiger charge is 2.33. The minimum Gasteiger partial charge on any atom is -0.378 e. The van der Waals surface area contributed by atoms with Gasteiger partial charge in [0.2, 0.25) is 0 Å². The molecule has 11 heavy (non-hydrogen) atoms. The Morgan fingerprint density at radius 3 is 3.00 bits per heavy atom. The molecular weight excluding hydrogens is 140 g/mol. The van der Waals surface area contributed by atoms with E-state index in [1.807, 2.05) is 0 Å². The van der Waals surface area contributed by atoms with Crippen LogP contribution in [0.4, 0.5) is 0 Å². The predicted molar refractivity (Wildman–Crippen MR) is 40.6 cm³/mol. The molecule has 1 aliphatic rings. The summed E-state index contributed by atoms with van der Waals surface area (Å²) in [6.07, 6.45) is 5.78. The highest BCUT2D eigenvalue weighted by atomic mass is 16.5. The number of hydrogen-bond acceptors (Lipinski definition) is 3. The molecule has 0 saturated carbocycles. The van der Waals surface area contributed by atoms with E-state index in [9.17, 15) is 0 Å². The topological polar surface area (TPSA) is 45.0 Å². The quantitative estimate of drug-likeness (QED) is 0.559. The maximum Gasteiger partial charge on any atom is 0.133 e. The van der Waals surface area contributed by atoms with E-state index in [1.54, 1.807) is 0 Å². The van der Waals surface area contributed by atoms with Crippen molar-refractivity contribution in [3.8, 4) is 18.4 Å². The molecule has 0 bridgehead atoms. The first kappa shape index (κ1) is 8.07. The third-order valence-corrected chi connectivity index (χ3v) is 1.76. The van der Waals surface area contributed by atoms with Crippen molar-refractivity contribution in [1.82, 2.24) is 5.32 Å². The molecule has 3 nitrogen and oxygen atoms in total. The van der Waals surface area contributed by atoms with Gasteiger partial charge in [0.25, 0.3) is 0 Å². The van der Waals surface area contributed by atoms with Crippen LogP contribution < -0.4 is 5.32 Å². The lowest BCUT2D eigenvalue weighted by atomic mass is 10.0. The molecule has 0 aromatic heterocycles. The summed E-state index contributed by atoms with van der Waals surface area (Å²) in [5.74, 6) is 2.44. The molecular formula is C8H10N2O. The Kier molecular flexibility index (Phi) is 2.48. The van der Waals surface area contributed by atoms with E-state index in [-0.39, 0.29) is 0 Å². The molecule has 0 amide bonds. The molecule has 1 rings (SSSR count). The van der Waals surface area contributed by atoms with Crippen LogP contribution in [0.2, 0.25) is 0 Å². The third kappa shape index (κ3) is 1.71. The zero-order valence-electron chi connectivity index (χ0n) is 6.26. The predicted octanol–water partition coefficient (Wildman–Crippen LogP) is -0.108. The summed E-state index contributed by atoms with van der Waals surface area (Å²) in [5, 5.41) is 11.8. The molecule has 58 valence electrons. The number of nitrogens with zero attached hydrogens (tertiary/aromatic N) is 1. The van der Waals surface area contributed by atoms with E-state index in [4.69, 9.17) is 16.4 Å². The van der Waals surface area contributed by atoms with Crippen molar-refractivity contribution in [3.05, 3.63) is 0 Å². The summed E-state index contributed by atoms with van der Waals surface area (Å²) in [5.41, 5.74) is -0.521. The SMILES string of the molecule is C#CCNC1(C#N)CCOC1. The molecule has 0 aromatic carbocycles. The van der Waals surface area contributed by atoms with Crippen LogP contribution in [0.5, 0.6) is 0 Å². The molecule has 1 atom stereocenters. The van der Waals surface area contributed by atoms with E-state index in [0.717, 1.165) is 6.42 Å². The van der Waals surface area contributed by atoms with Gasteiger partial charge in [-0.15, -0.1) is 6.42 Å². The number of rotatable bonds is 2. The standard InChI is InChI=1S/C8H10N2O/c1-2-4-10-8(6-9)3-5-11-7-8/h1,10H,3-5,7H2. The van der Waals surface area contributed by atoms with Gasteiger partial charge in [0.15, 0.2) is 0 Å². The van der Waals surface area contributed by atoms with Crippen molar-refractivity contribution in [1.29, 1.82) is 5.26 Å². The summed E-state index contributed by atoms with van der Waals surface area (Å²) >= 11 is 0. The Hall–Kier alpha value is -1.03. The van der Waals surface area contributed by atoms with Crippen molar-refractivity contribution < 1.29 is 4.74 Å². The van der Waals surface area contributed by atoms with E-state index in [1.165, 1.54) is 0 Å². The molecule has 1 aliphatic heterocycles. The molecule has 0 radical (unpaired) electrons. The molecule has 3 heteroatoms. The molecule has 1 N–H and O–H groups in total. The lowest BCUT2D eigenvalue weighted by Gasteiger charge is -2.17. The second-order valence-electron chi connectivity index (χ2n) is 2.55. The van der Waals surface area contributed by atoms with Gasteiger partial charge in [0.1, 0.15) is 5.54 Å². The first-order chi connectivity index (χ1) is 5.33. The molecule has 1 heterocycles. The van der Waals surface area contributed by atoms with Crippen LogP contribution in [0.15, 0.2) is 0 Å². The van der Waals surface area contributed by atoms with Crippen LogP contribution in [0.25, 0.3) is 0 Å². The second kappa shape index (κ2) is 3.39. The van der Waals surface area contributed by atoms with E-state index < -0.39 is 5.54 Å². The van der Waals surface area contributed by atoms with Crippen molar-refractivity contribution in [2.75, 3.05) is 19.8 Å². The zero-order chi connectivity index (χ0) is 8.16. The first-order valence-corrected chi connectivity index (χ1v) is 3.50. The van der Waals surface area contributed by atoms with Gasteiger partial charge in [-0.1, -0.05) is 5.92 Å². The molecule has 1 saturated heterocycles. The number of nitrogens with one attached hydrogen (secondary N) is 1. The maximum atomic E-state index is 8.78. The fourth-order valence-corrected chi connectivity index (χ4v) is 1.05. The number of ether oxygens (including phenoxy) is 1. The second-order valence-corrected chi connectivity index (χ2v) is 2.55. The Bertz CT molecular complexity index is 205. The molecule has 0 aliphatic carbocycles. The van der Waals surface area contributed by atoms with E-state index in [0.29, 0.717) is 19.8 Å². The van der Waals surface area contributed by atoms with Crippen LogP contribution in [-0.2, 0) is 4.74 Å². The van der Waals surface area contributed by atoms with Gasteiger partial charge in [-0.3, -0.25) is 5.32 Å². The van der Waals surface area contributed by atoms with Crippen molar-refractivity contribution in [2.24, 2.45) is 0 Å². The Morgan fingerprint density at radius 1 is 1.73 bits per heavy atom. The highest BCUT2D eigenvalue weighted by molar-refractivity contribution is 5.11. The summed E-state index contributed by atoms with van der Waals surface area (Å²) in [4.78, 5) is 0. The number of hydrogen-bond donors (Lipinski definition) is 1. The van der Waals surface area contributed by atoms with Crippen LogP contribution in [0, 0.1) is 23.7 Å². The lowest BCUT2D eigenvalue weighted by molar-refractivity contribution is 0.181. The minimum atomic E-state index is -0.521. The highest BCUT2D eigenvalue weighted by Crippen LogP contribution is 2.16. The monoisotopic (exact) mass is 150 g/mol. The average molecular weight is 150 g/mol. The average Bonchev–Trinajstić information content (AvgIpc) is 2.50. The molecule has 0 spiro atoms. The lowest BCUT2D eigenvalue weighted by Crippen LogP contribution is -2.44. The van der Waals surface area contributed by atoms with Gasteiger partial charge in [-0.05, 0) is 0 Å². The fourth-order valence-electron chi connectivity index (χ4n) is 1.05. The third-order valence-electron chi connectivity index (χ3n) is 1.76. The Balaban J connectivity index is 2.49. The van der Waals surface area contributed by atoms with Crippen molar-refractivity contribution in [2.45, 2.75) is 12.0 Å². The Labute approximate surface area is 66.3 Å². The van der Waals surface area contributed by atoms with Gasteiger partial charge < -0.3 is 4.74 Å². The normalized spacial score (nSPS) is 29.3. The first-order valence-electron chi connectivity index (χ1n) is 3.50. The largest absolute Gasteiger partial charge is 0.378 e. The summed E-state index contributed by atoms with van der Waals surface area (Å²) in [7, 11) is 0. The van der Waals surface area contributed by atoms with Gasteiger partial charge in [-0.25, -0.2) is 0 Å². The molecule has 1 unspecified atom stereocenters. The summed E-state index contributed by atoms with van der Waals surface area (Å²) in [6, 6.07) is 2.18. The molecule has 0 aromatic rings. The van der Waals surface area contributed by atoms with Gasteiger partial charge in [0, 0.05) is 13.0 Å². The zero-order valence-corrected chi connectivity index (χ0v) is 6.26. The smallest absolute Gasteiger partial charge is 0.133 e. The van der Waals surface area contributed by atoms with Crippen molar-refractivity contribution >= 4 is 0 Å². The van der Waals surface area contributed by atoms with Gasteiger partial charge >= 0.3 is 0 Å². The van der Waals surface area contributed by atoms with Crippen LogP contribution >= 0.6 is 0 Å². The maximum absolute atomic E-state index is 8.78. The Morgan fingerprint density at radius 2 is 2.55 bits per heavy atom. The molecule has 1 fully saturated rings. The number of nitriles is 1. The minimum absolute atomic E-state index is 0.428. The number of terminal acetylenes is 1. The summed E-state index contributed by atoms with van der Waals surface area (Å²) in [6.45, 7) is 1.52. The van der Waals surface area contributed by atoms with Crippen molar-refractivity contribution in [3.63, 3.8) is 0 Å². The summed E-state index contributed by atoms with van der Waals surface area (Å²) < 4.78 is 5.09. The van der Waals surface area contributed by atoms with Crippen LogP contribution in [0.3, 0.4) is 0 Å². The van der Waals surface area contributed by atoms with Crippen LogP contribution in [-0.4, -0.2) is 25.3 Å². The fraction of sp³-hybridized carbons (Fsp3) is 0.625. The van der Waals surface area contributed by atoms with Crippen LogP contribution in [0.1, 0.15) is 6.42 Å².